The van der Waals surface area contributed by atoms with Crippen LogP contribution in [0.2, 0.25) is 0 Å². The molecule has 0 bridgehead atoms. The Kier molecular flexibility index (Phi) is 4.71. The molecule has 2 atom stereocenters. The topological polar surface area (TPSA) is 49.4 Å². The number of carbonyl (C=O) groups is 2. The van der Waals surface area contributed by atoms with Crippen LogP contribution in [-0.4, -0.2) is 28.3 Å². The highest BCUT2D eigenvalue weighted by molar-refractivity contribution is 7.07. The summed E-state index contributed by atoms with van der Waals surface area (Å²) < 4.78 is 0. The monoisotopic (exact) mass is 308 g/mol. The zero-order valence-corrected chi connectivity index (χ0v) is 14.0. The Morgan fingerprint density at radius 3 is 2.67 bits per heavy atom. The Balaban J connectivity index is 2.28. The van der Waals surface area contributed by atoms with Crippen LogP contribution in [0.15, 0.2) is 16.8 Å². The molecule has 1 fully saturated rings. The highest BCUT2D eigenvalue weighted by Crippen LogP contribution is 2.29. The molecule has 2 heterocycles. The van der Waals surface area contributed by atoms with Crippen molar-refractivity contribution in [3.8, 4) is 0 Å². The average Bonchev–Trinajstić information content (AvgIpc) is 2.93. The number of hydrogen-bond acceptors (Lipinski definition) is 3. The lowest BCUT2D eigenvalue weighted by Gasteiger charge is -2.46. The van der Waals surface area contributed by atoms with Crippen LogP contribution in [0, 0.1) is 5.92 Å². The first-order valence-corrected chi connectivity index (χ1v) is 8.46. The maximum atomic E-state index is 12.8. The predicted molar refractivity (Wildman–Crippen MR) is 85.0 cm³/mol. The van der Waals surface area contributed by atoms with Crippen LogP contribution in [0.25, 0.3) is 0 Å². The second-order valence-corrected chi connectivity index (χ2v) is 7.12. The molecule has 2 unspecified atom stereocenters. The smallest absolute Gasteiger partial charge is 0.246 e. The van der Waals surface area contributed by atoms with E-state index in [1.165, 1.54) is 0 Å². The average molecular weight is 308 g/mol. The SMILES string of the molecule is CCC1(C)C(=O)NC(CC(C)C)C(=O)N1Cc1ccsc1. The molecule has 0 saturated carbocycles. The summed E-state index contributed by atoms with van der Waals surface area (Å²) in [6, 6.07) is 1.62. The second kappa shape index (κ2) is 6.18. The molecule has 116 valence electrons. The Morgan fingerprint density at radius 2 is 2.14 bits per heavy atom. The normalized spacial score (nSPS) is 26.3. The molecule has 5 heteroatoms. The van der Waals surface area contributed by atoms with Gasteiger partial charge in [0.1, 0.15) is 11.6 Å². The molecule has 21 heavy (non-hydrogen) atoms. The van der Waals surface area contributed by atoms with Crippen molar-refractivity contribution < 1.29 is 9.59 Å². The highest BCUT2D eigenvalue weighted by Gasteiger charge is 2.48. The molecular weight excluding hydrogens is 284 g/mol. The van der Waals surface area contributed by atoms with Crippen molar-refractivity contribution in [2.45, 2.75) is 58.7 Å². The molecule has 1 aliphatic heterocycles. The van der Waals surface area contributed by atoms with E-state index in [4.69, 9.17) is 0 Å². The summed E-state index contributed by atoms with van der Waals surface area (Å²) in [7, 11) is 0. The van der Waals surface area contributed by atoms with Crippen molar-refractivity contribution in [1.82, 2.24) is 10.2 Å². The number of nitrogens with one attached hydrogen (secondary N) is 1. The number of hydrogen-bond donors (Lipinski definition) is 1. The van der Waals surface area contributed by atoms with Crippen molar-refractivity contribution in [2.75, 3.05) is 0 Å². The third-order valence-corrected chi connectivity index (χ3v) is 5.00. The maximum Gasteiger partial charge on any atom is 0.246 e. The number of nitrogens with zero attached hydrogens (tertiary/aromatic N) is 1. The van der Waals surface area contributed by atoms with E-state index in [9.17, 15) is 9.59 Å². The summed E-state index contributed by atoms with van der Waals surface area (Å²) in [5.41, 5.74) is 0.331. The third-order valence-electron chi connectivity index (χ3n) is 4.27. The predicted octanol–water partition coefficient (Wildman–Crippen LogP) is 2.79. The number of thiophene rings is 1. The number of rotatable bonds is 5. The van der Waals surface area contributed by atoms with Gasteiger partial charge in [-0.15, -0.1) is 0 Å². The van der Waals surface area contributed by atoms with E-state index in [0.29, 0.717) is 25.3 Å². The molecule has 2 amide bonds. The molecule has 1 aromatic rings. The Labute approximate surface area is 130 Å². The van der Waals surface area contributed by atoms with Gasteiger partial charge in [-0.1, -0.05) is 20.8 Å². The summed E-state index contributed by atoms with van der Waals surface area (Å²) in [4.78, 5) is 27.1. The minimum atomic E-state index is -0.757. The quantitative estimate of drug-likeness (QED) is 0.909. The first kappa shape index (κ1) is 16.0. The maximum absolute atomic E-state index is 12.8. The van der Waals surface area contributed by atoms with Crippen LogP contribution < -0.4 is 5.32 Å². The number of piperazine rings is 1. The van der Waals surface area contributed by atoms with Crippen molar-refractivity contribution in [3.05, 3.63) is 22.4 Å². The van der Waals surface area contributed by atoms with Gasteiger partial charge < -0.3 is 10.2 Å². The van der Waals surface area contributed by atoms with Crippen molar-refractivity contribution in [1.29, 1.82) is 0 Å². The molecule has 0 radical (unpaired) electrons. The summed E-state index contributed by atoms with van der Waals surface area (Å²) in [6.07, 6.45) is 1.30. The molecule has 0 aliphatic carbocycles. The van der Waals surface area contributed by atoms with Gasteiger partial charge in [-0.25, -0.2) is 0 Å². The minimum Gasteiger partial charge on any atom is -0.342 e. The van der Waals surface area contributed by atoms with Crippen molar-refractivity contribution >= 4 is 23.2 Å². The lowest BCUT2D eigenvalue weighted by Crippen LogP contribution is -2.69. The fourth-order valence-electron chi connectivity index (χ4n) is 2.73. The first-order valence-electron chi connectivity index (χ1n) is 7.52. The molecular formula is C16H24N2O2S. The van der Waals surface area contributed by atoms with Gasteiger partial charge in [-0.2, -0.15) is 11.3 Å². The van der Waals surface area contributed by atoms with Crippen molar-refractivity contribution in [2.24, 2.45) is 5.92 Å². The van der Waals surface area contributed by atoms with Gasteiger partial charge in [-0.05, 0) is 48.1 Å². The van der Waals surface area contributed by atoms with Gasteiger partial charge in [0.15, 0.2) is 0 Å². The highest BCUT2D eigenvalue weighted by atomic mass is 32.1. The van der Waals surface area contributed by atoms with Gasteiger partial charge in [0.2, 0.25) is 11.8 Å². The molecule has 2 rings (SSSR count). The van der Waals surface area contributed by atoms with E-state index in [1.54, 1.807) is 16.2 Å². The van der Waals surface area contributed by atoms with E-state index in [-0.39, 0.29) is 11.8 Å². The van der Waals surface area contributed by atoms with E-state index >= 15 is 0 Å². The fourth-order valence-corrected chi connectivity index (χ4v) is 3.39. The molecule has 1 aromatic heterocycles. The van der Waals surface area contributed by atoms with Crippen molar-refractivity contribution in [3.63, 3.8) is 0 Å². The molecule has 0 spiro atoms. The van der Waals surface area contributed by atoms with Gasteiger partial charge in [0.05, 0.1) is 0 Å². The summed E-state index contributed by atoms with van der Waals surface area (Å²) in [5, 5.41) is 6.95. The summed E-state index contributed by atoms with van der Waals surface area (Å²) in [5.74, 6) is 0.373. The van der Waals surface area contributed by atoms with Crippen LogP contribution in [0.4, 0.5) is 0 Å². The third kappa shape index (κ3) is 3.12. The Bertz CT molecular complexity index is 512. The van der Waals surface area contributed by atoms with Crippen LogP contribution >= 0.6 is 11.3 Å². The molecule has 0 aromatic carbocycles. The van der Waals surface area contributed by atoms with Crippen LogP contribution in [0.5, 0.6) is 0 Å². The molecule has 1 aliphatic rings. The molecule has 1 saturated heterocycles. The van der Waals surface area contributed by atoms with E-state index in [0.717, 1.165) is 5.56 Å². The second-order valence-electron chi connectivity index (χ2n) is 6.34. The summed E-state index contributed by atoms with van der Waals surface area (Å²) in [6.45, 7) is 8.45. The van der Waals surface area contributed by atoms with Crippen LogP contribution in [0.1, 0.15) is 46.1 Å². The lowest BCUT2D eigenvalue weighted by molar-refractivity contribution is -0.158. The van der Waals surface area contributed by atoms with Gasteiger partial charge in [-0.3, -0.25) is 9.59 Å². The zero-order valence-electron chi connectivity index (χ0n) is 13.2. The van der Waals surface area contributed by atoms with E-state index in [2.05, 4.69) is 19.2 Å². The van der Waals surface area contributed by atoms with Crippen LogP contribution in [0.3, 0.4) is 0 Å². The van der Waals surface area contributed by atoms with Gasteiger partial charge in [0, 0.05) is 6.54 Å². The standard InChI is InChI=1S/C16H24N2O2S/c1-5-16(4)15(20)17-13(8-11(2)3)14(19)18(16)9-12-6-7-21-10-12/h6-7,10-11,13H,5,8-9H2,1-4H3,(H,17,20). The zero-order chi connectivity index (χ0) is 15.6. The number of amides is 2. The summed E-state index contributed by atoms with van der Waals surface area (Å²) >= 11 is 1.61. The van der Waals surface area contributed by atoms with Gasteiger partial charge >= 0.3 is 0 Å². The Morgan fingerprint density at radius 1 is 1.43 bits per heavy atom. The van der Waals surface area contributed by atoms with Gasteiger partial charge in [0.25, 0.3) is 0 Å². The first-order chi connectivity index (χ1) is 9.88. The van der Waals surface area contributed by atoms with E-state index in [1.807, 2.05) is 30.7 Å². The van der Waals surface area contributed by atoms with E-state index < -0.39 is 11.6 Å². The van der Waals surface area contributed by atoms with Crippen LogP contribution in [-0.2, 0) is 16.1 Å². The Hall–Kier alpha value is -1.36. The molecule has 4 nitrogen and oxygen atoms in total. The minimum absolute atomic E-state index is 0.0366. The molecule has 1 N–H and O–H groups in total. The largest absolute Gasteiger partial charge is 0.342 e. The lowest BCUT2D eigenvalue weighted by atomic mass is 9.88. The fraction of sp³-hybridized carbons (Fsp3) is 0.625. The number of carbonyl (C=O) groups excluding carboxylic acids is 2.